The summed E-state index contributed by atoms with van der Waals surface area (Å²) in [4.78, 5) is 15.0. The van der Waals surface area contributed by atoms with E-state index < -0.39 is 0 Å². The van der Waals surface area contributed by atoms with Crippen molar-refractivity contribution in [2.75, 3.05) is 18.4 Å². The largest absolute Gasteiger partial charge is 0.382 e. The summed E-state index contributed by atoms with van der Waals surface area (Å²) >= 11 is 0. The Morgan fingerprint density at radius 2 is 1.41 bits per heavy atom. The summed E-state index contributed by atoms with van der Waals surface area (Å²) in [5, 5.41) is 7.61. The molecule has 1 saturated carbocycles. The van der Waals surface area contributed by atoms with Gasteiger partial charge in [0.05, 0.1) is 0 Å². The Kier molecular flexibility index (Phi) is 7.35. The molecule has 0 amide bonds. The summed E-state index contributed by atoms with van der Waals surface area (Å²) in [7, 11) is 0. The van der Waals surface area contributed by atoms with Gasteiger partial charge in [0.25, 0.3) is 0 Å². The van der Waals surface area contributed by atoms with Crippen molar-refractivity contribution in [1.29, 1.82) is 0 Å². The molecular formula is C30H35N3O. The molecule has 0 spiro atoms. The van der Waals surface area contributed by atoms with Gasteiger partial charge in [-0.1, -0.05) is 86.3 Å². The van der Waals surface area contributed by atoms with E-state index >= 15 is 0 Å². The van der Waals surface area contributed by atoms with Crippen LogP contribution in [0.2, 0.25) is 0 Å². The molecule has 1 heterocycles. The first-order valence-electron chi connectivity index (χ1n) is 13.0. The van der Waals surface area contributed by atoms with Crippen molar-refractivity contribution >= 4 is 11.4 Å². The van der Waals surface area contributed by atoms with Crippen LogP contribution in [-0.2, 0) is 6.54 Å². The lowest BCUT2D eigenvalue weighted by molar-refractivity contribution is 0.221. The second-order valence-corrected chi connectivity index (χ2v) is 9.81. The van der Waals surface area contributed by atoms with Gasteiger partial charge in [-0.3, -0.25) is 4.90 Å². The van der Waals surface area contributed by atoms with Crippen molar-refractivity contribution in [3.63, 3.8) is 0 Å². The second-order valence-electron chi connectivity index (χ2n) is 9.81. The molecule has 2 aliphatic rings. The minimum Gasteiger partial charge on any atom is -0.382 e. The quantitative estimate of drug-likeness (QED) is 0.367. The molecule has 1 saturated heterocycles. The normalized spacial score (nSPS) is 17.4. The number of hydrogen-bond donors (Lipinski definition) is 1. The van der Waals surface area contributed by atoms with Crippen LogP contribution in [0.1, 0.15) is 56.9 Å². The highest BCUT2D eigenvalue weighted by atomic mass is 16.3. The molecule has 4 nitrogen and oxygen atoms in total. The zero-order chi connectivity index (χ0) is 23.2. The molecule has 3 aromatic carbocycles. The molecule has 1 aliphatic heterocycles. The van der Waals surface area contributed by atoms with Crippen molar-refractivity contribution < 1.29 is 0 Å². The van der Waals surface area contributed by atoms with Gasteiger partial charge in [0.15, 0.2) is 0 Å². The Bertz CT molecular complexity index is 1090. The molecule has 34 heavy (non-hydrogen) atoms. The fraction of sp³-hybridized carbons (Fsp3) is 0.400. The lowest BCUT2D eigenvalue weighted by Crippen LogP contribution is -2.30. The summed E-state index contributed by atoms with van der Waals surface area (Å²) in [5.74, 6) is 0. The fourth-order valence-corrected chi connectivity index (χ4v) is 5.66. The van der Waals surface area contributed by atoms with Crippen LogP contribution < -0.4 is 5.32 Å². The third-order valence-corrected chi connectivity index (χ3v) is 7.44. The molecule has 3 aromatic rings. The predicted octanol–water partition coefficient (Wildman–Crippen LogP) is 8.15. The van der Waals surface area contributed by atoms with Gasteiger partial charge in [-0.15, -0.1) is 4.91 Å². The zero-order valence-electron chi connectivity index (χ0n) is 20.0. The average molecular weight is 454 g/mol. The van der Waals surface area contributed by atoms with Gasteiger partial charge in [-0.2, -0.15) is 0 Å². The maximum atomic E-state index is 12.5. The summed E-state index contributed by atoms with van der Waals surface area (Å²) in [6, 6.07) is 23.3. The molecule has 4 heteroatoms. The number of nitrogens with zero attached hydrogens (tertiary/aromatic N) is 2. The Morgan fingerprint density at radius 1 is 0.794 bits per heavy atom. The van der Waals surface area contributed by atoms with E-state index in [1.165, 1.54) is 62.6 Å². The lowest BCUT2D eigenvalue weighted by atomic mass is 9.89. The Hall–Kier alpha value is -2.98. The number of nitrogens with one attached hydrogen (secondary N) is 1. The minimum atomic E-state index is 0.483. The van der Waals surface area contributed by atoms with E-state index in [1.54, 1.807) is 0 Å². The highest BCUT2D eigenvalue weighted by molar-refractivity contribution is 5.94. The van der Waals surface area contributed by atoms with Gasteiger partial charge in [0, 0.05) is 29.4 Å². The van der Waals surface area contributed by atoms with E-state index in [0.29, 0.717) is 11.7 Å². The number of benzene rings is 3. The number of rotatable bonds is 7. The second kappa shape index (κ2) is 11.0. The van der Waals surface area contributed by atoms with E-state index in [4.69, 9.17) is 0 Å². The molecule has 0 aromatic heterocycles. The summed E-state index contributed by atoms with van der Waals surface area (Å²) in [6.45, 7) is 3.07. The van der Waals surface area contributed by atoms with Crippen molar-refractivity contribution in [1.82, 2.24) is 4.90 Å². The molecule has 0 bridgehead atoms. The fourth-order valence-electron chi connectivity index (χ4n) is 5.66. The van der Waals surface area contributed by atoms with Crippen LogP contribution in [0.5, 0.6) is 0 Å². The van der Waals surface area contributed by atoms with Gasteiger partial charge in [0.2, 0.25) is 0 Å². The third-order valence-electron chi connectivity index (χ3n) is 7.44. The van der Waals surface area contributed by atoms with Crippen molar-refractivity contribution in [3.05, 3.63) is 77.2 Å². The Balaban J connectivity index is 1.70. The molecule has 0 unspecified atom stereocenters. The van der Waals surface area contributed by atoms with Gasteiger partial charge in [-0.25, -0.2) is 0 Å². The monoisotopic (exact) mass is 453 g/mol. The SMILES string of the molecule is O=Nc1c(-c2ccccc2)cc(NC2CCCCC2)c(CN2CCCCC2)c1-c1ccccc1. The number of nitroso groups, excluding NO2 is 1. The molecule has 1 aliphatic carbocycles. The van der Waals surface area contributed by atoms with Gasteiger partial charge >= 0.3 is 0 Å². The Morgan fingerprint density at radius 3 is 2.06 bits per heavy atom. The number of likely N-dealkylation sites (tertiary alicyclic amines) is 1. The van der Waals surface area contributed by atoms with E-state index in [0.717, 1.165) is 41.9 Å². The van der Waals surface area contributed by atoms with Crippen LogP contribution >= 0.6 is 0 Å². The van der Waals surface area contributed by atoms with Crippen LogP contribution in [0.15, 0.2) is 71.9 Å². The van der Waals surface area contributed by atoms with E-state index in [-0.39, 0.29) is 0 Å². The van der Waals surface area contributed by atoms with Crippen LogP contribution in [0, 0.1) is 4.91 Å². The van der Waals surface area contributed by atoms with Crippen LogP contribution in [0.25, 0.3) is 22.3 Å². The first-order chi connectivity index (χ1) is 16.8. The zero-order valence-corrected chi connectivity index (χ0v) is 20.0. The molecule has 2 fully saturated rings. The summed E-state index contributed by atoms with van der Waals surface area (Å²) in [6.07, 6.45) is 10.1. The third kappa shape index (κ3) is 5.07. The van der Waals surface area contributed by atoms with Crippen molar-refractivity contribution in [2.24, 2.45) is 5.18 Å². The smallest absolute Gasteiger partial charge is 0.124 e. The van der Waals surface area contributed by atoms with E-state index in [9.17, 15) is 4.91 Å². The van der Waals surface area contributed by atoms with Crippen LogP contribution in [0.4, 0.5) is 11.4 Å². The molecule has 5 rings (SSSR count). The predicted molar refractivity (Wildman–Crippen MR) is 142 cm³/mol. The van der Waals surface area contributed by atoms with Crippen LogP contribution in [0.3, 0.4) is 0 Å². The van der Waals surface area contributed by atoms with Gasteiger partial charge < -0.3 is 5.32 Å². The summed E-state index contributed by atoms with van der Waals surface area (Å²) in [5.41, 5.74) is 6.93. The standard InChI is InChI=1S/C30H35N3O/c34-32-30-26(23-13-5-1-6-14-23)21-28(31-25-17-9-3-10-18-25)27(22-33-19-11-4-12-20-33)29(30)24-15-7-2-8-16-24/h1-2,5-8,13-16,21,25,31H,3-4,9-12,17-20,22H2. The molecule has 1 N–H and O–H groups in total. The molecule has 0 atom stereocenters. The minimum absolute atomic E-state index is 0.483. The van der Waals surface area contributed by atoms with Gasteiger partial charge in [-0.05, 0) is 66.7 Å². The summed E-state index contributed by atoms with van der Waals surface area (Å²) < 4.78 is 0. The number of piperidine rings is 1. The lowest BCUT2D eigenvalue weighted by Gasteiger charge is -2.31. The maximum Gasteiger partial charge on any atom is 0.124 e. The first kappa shape index (κ1) is 22.8. The molecule has 0 radical (unpaired) electrons. The van der Waals surface area contributed by atoms with Crippen molar-refractivity contribution in [2.45, 2.75) is 64.0 Å². The van der Waals surface area contributed by atoms with Gasteiger partial charge in [0.1, 0.15) is 5.69 Å². The number of anilines is 1. The maximum absolute atomic E-state index is 12.5. The Labute approximate surface area is 203 Å². The number of hydrogen-bond acceptors (Lipinski definition) is 4. The first-order valence-corrected chi connectivity index (χ1v) is 13.0. The van der Waals surface area contributed by atoms with E-state index in [2.05, 4.69) is 57.9 Å². The molecule has 176 valence electrons. The average Bonchev–Trinajstić information content (AvgIpc) is 2.91. The highest BCUT2D eigenvalue weighted by Crippen LogP contribution is 2.46. The highest BCUT2D eigenvalue weighted by Gasteiger charge is 2.25. The van der Waals surface area contributed by atoms with Crippen molar-refractivity contribution in [3.8, 4) is 22.3 Å². The van der Waals surface area contributed by atoms with E-state index in [1.807, 2.05) is 24.3 Å². The van der Waals surface area contributed by atoms with Crippen LogP contribution in [-0.4, -0.2) is 24.0 Å². The topological polar surface area (TPSA) is 44.7 Å². The molecular weight excluding hydrogens is 418 g/mol.